The van der Waals surface area contributed by atoms with Gasteiger partial charge in [0.2, 0.25) is 0 Å². The largest absolute Gasteiger partial charge is 0.339 e. The SMILES string of the molecule is Cc1ncc(C(=O)N2CCCC(Cc3cnc4ccccc4c3)CC2)cn1. The minimum absolute atomic E-state index is 0.0445. The number of benzene rings is 1. The predicted octanol–water partition coefficient (Wildman–Crippen LogP) is 3.82. The number of rotatable bonds is 3. The summed E-state index contributed by atoms with van der Waals surface area (Å²) in [7, 11) is 0. The van der Waals surface area contributed by atoms with Crippen LogP contribution in [0.5, 0.6) is 0 Å². The monoisotopic (exact) mass is 360 g/mol. The van der Waals surface area contributed by atoms with Crippen molar-refractivity contribution in [3.8, 4) is 0 Å². The lowest BCUT2D eigenvalue weighted by molar-refractivity contribution is 0.0759. The van der Waals surface area contributed by atoms with Gasteiger partial charge in [-0.2, -0.15) is 0 Å². The van der Waals surface area contributed by atoms with E-state index in [0.717, 1.165) is 44.3 Å². The van der Waals surface area contributed by atoms with Gasteiger partial charge in [-0.3, -0.25) is 9.78 Å². The second kappa shape index (κ2) is 7.82. The third-order valence-corrected chi connectivity index (χ3v) is 5.33. The molecule has 3 heterocycles. The summed E-state index contributed by atoms with van der Waals surface area (Å²) >= 11 is 0. The smallest absolute Gasteiger partial charge is 0.256 e. The third-order valence-electron chi connectivity index (χ3n) is 5.33. The minimum atomic E-state index is 0.0445. The quantitative estimate of drug-likeness (QED) is 0.712. The standard InChI is InChI=1S/C22H24N4O/c1-16-23-14-20(15-24-16)22(27)26-9-4-5-17(8-10-26)11-18-12-19-6-2-3-7-21(19)25-13-18/h2-3,6-7,12-15,17H,4-5,8-11H2,1H3. The van der Waals surface area contributed by atoms with E-state index in [4.69, 9.17) is 0 Å². The van der Waals surface area contributed by atoms with E-state index in [2.05, 4.69) is 33.2 Å². The molecule has 1 aliphatic rings. The lowest BCUT2D eigenvalue weighted by Gasteiger charge is -2.20. The maximum atomic E-state index is 12.7. The summed E-state index contributed by atoms with van der Waals surface area (Å²) in [4.78, 5) is 27.5. The van der Waals surface area contributed by atoms with E-state index in [9.17, 15) is 4.79 Å². The number of hydrogen-bond donors (Lipinski definition) is 0. The van der Waals surface area contributed by atoms with E-state index in [1.807, 2.05) is 30.2 Å². The number of para-hydroxylation sites is 1. The summed E-state index contributed by atoms with van der Waals surface area (Å²) in [5, 5.41) is 1.19. The van der Waals surface area contributed by atoms with Crippen LogP contribution in [0.15, 0.2) is 48.9 Å². The van der Waals surface area contributed by atoms with Gasteiger partial charge in [-0.05, 0) is 56.2 Å². The molecule has 2 aromatic heterocycles. The average molecular weight is 360 g/mol. The zero-order valence-electron chi connectivity index (χ0n) is 15.6. The van der Waals surface area contributed by atoms with Crippen molar-refractivity contribution in [3.05, 3.63) is 65.9 Å². The molecule has 1 aliphatic heterocycles. The van der Waals surface area contributed by atoms with Crippen molar-refractivity contribution >= 4 is 16.8 Å². The second-order valence-electron chi connectivity index (χ2n) is 7.35. The highest BCUT2D eigenvalue weighted by molar-refractivity contribution is 5.93. The molecule has 5 heteroatoms. The number of carbonyl (C=O) groups excluding carboxylic acids is 1. The third kappa shape index (κ3) is 4.13. The molecular formula is C22H24N4O. The van der Waals surface area contributed by atoms with Crippen LogP contribution in [-0.4, -0.2) is 38.8 Å². The molecule has 1 unspecified atom stereocenters. The van der Waals surface area contributed by atoms with Gasteiger partial charge in [-0.1, -0.05) is 18.2 Å². The Hall–Kier alpha value is -2.82. The topological polar surface area (TPSA) is 59.0 Å². The van der Waals surface area contributed by atoms with Crippen LogP contribution in [0, 0.1) is 12.8 Å². The average Bonchev–Trinajstić information content (AvgIpc) is 2.93. The van der Waals surface area contributed by atoms with Crippen molar-refractivity contribution in [1.29, 1.82) is 0 Å². The van der Waals surface area contributed by atoms with Gasteiger partial charge in [-0.25, -0.2) is 9.97 Å². The van der Waals surface area contributed by atoms with Gasteiger partial charge in [0.15, 0.2) is 0 Å². The van der Waals surface area contributed by atoms with Gasteiger partial charge in [0.25, 0.3) is 5.91 Å². The first-order chi connectivity index (χ1) is 13.2. The number of hydrogen-bond acceptors (Lipinski definition) is 4. The molecule has 0 radical (unpaired) electrons. The molecule has 1 atom stereocenters. The molecule has 5 nitrogen and oxygen atoms in total. The van der Waals surface area contributed by atoms with Crippen LogP contribution in [0.1, 0.15) is 41.0 Å². The number of nitrogens with zero attached hydrogens (tertiary/aromatic N) is 4. The lowest BCUT2D eigenvalue weighted by atomic mass is 9.93. The molecule has 1 amide bonds. The van der Waals surface area contributed by atoms with Crippen molar-refractivity contribution < 1.29 is 4.79 Å². The molecule has 0 N–H and O–H groups in total. The van der Waals surface area contributed by atoms with Gasteiger partial charge in [0.05, 0.1) is 11.1 Å². The summed E-state index contributed by atoms with van der Waals surface area (Å²) in [5.41, 5.74) is 2.90. The van der Waals surface area contributed by atoms with E-state index in [-0.39, 0.29) is 5.91 Å². The van der Waals surface area contributed by atoms with Crippen LogP contribution in [0.3, 0.4) is 0 Å². The minimum Gasteiger partial charge on any atom is -0.339 e. The van der Waals surface area contributed by atoms with Crippen molar-refractivity contribution in [2.45, 2.75) is 32.6 Å². The molecular weight excluding hydrogens is 336 g/mol. The Morgan fingerprint density at radius 3 is 2.74 bits per heavy atom. The molecule has 1 saturated heterocycles. The van der Waals surface area contributed by atoms with Crippen molar-refractivity contribution in [2.75, 3.05) is 13.1 Å². The van der Waals surface area contributed by atoms with Crippen LogP contribution < -0.4 is 0 Å². The summed E-state index contributed by atoms with van der Waals surface area (Å²) in [5.74, 6) is 1.31. The van der Waals surface area contributed by atoms with Crippen LogP contribution in [0.25, 0.3) is 10.9 Å². The zero-order valence-corrected chi connectivity index (χ0v) is 15.6. The number of amides is 1. The Kier molecular flexibility index (Phi) is 5.10. The first-order valence-corrected chi connectivity index (χ1v) is 9.60. The van der Waals surface area contributed by atoms with Gasteiger partial charge in [0, 0.05) is 37.1 Å². The summed E-state index contributed by atoms with van der Waals surface area (Å²) in [6.07, 6.45) is 9.48. The number of carbonyl (C=O) groups is 1. The maximum Gasteiger partial charge on any atom is 0.256 e. The second-order valence-corrected chi connectivity index (χ2v) is 7.35. The van der Waals surface area contributed by atoms with Crippen LogP contribution >= 0.6 is 0 Å². The molecule has 1 aromatic carbocycles. The molecule has 138 valence electrons. The van der Waals surface area contributed by atoms with Gasteiger partial charge in [0.1, 0.15) is 5.82 Å². The molecule has 0 bridgehead atoms. The van der Waals surface area contributed by atoms with Gasteiger partial charge >= 0.3 is 0 Å². The van der Waals surface area contributed by atoms with E-state index >= 15 is 0 Å². The Bertz CT molecular complexity index is 938. The number of fused-ring (bicyclic) bond motifs is 1. The molecule has 0 spiro atoms. The molecule has 1 fully saturated rings. The Morgan fingerprint density at radius 2 is 1.89 bits per heavy atom. The Labute approximate surface area is 159 Å². The lowest BCUT2D eigenvalue weighted by Crippen LogP contribution is -2.32. The van der Waals surface area contributed by atoms with Gasteiger partial charge in [-0.15, -0.1) is 0 Å². The zero-order chi connectivity index (χ0) is 18.6. The normalized spacial score (nSPS) is 17.7. The Morgan fingerprint density at radius 1 is 1.07 bits per heavy atom. The number of pyridine rings is 1. The molecule has 0 saturated carbocycles. The number of aromatic nitrogens is 3. The van der Waals surface area contributed by atoms with Gasteiger partial charge < -0.3 is 4.90 Å². The highest BCUT2D eigenvalue weighted by Crippen LogP contribution is 2.24. The highest BCUT2D eigenvalue weighted by atomic mass is 16.2. The summed E-state index contributed by atoms with van der Waals surface area (Å²) in [6.45, 7) is 3.42. The fourth-order valence-electron chi connectivity index (χ4n) is 3.82. The summed E-state index contributed by atoms with van der Waals surface area (Å²) in [6, 6.07) is 10.5. The van der Waals surface area contributed by atoms with E-state index in [1.165, 1.54) is 10.9 Å². The summed E-state index contributed by atoms with van der Waals surface area (Å²) < 4.78 is 0. The Balaban J connectivity index is 1.40. The van der Waals surface area contributed by atoms with Crippen molar-refractivity contribution in [1.82, 2.24) is 19.9 Å². The van der Waals surface area contributed by atoms with Crippen LogP contribution in [-0.2, 0) is 6.42 Å². The fraction of sp³-hybridized carbons (Fsp3) is 0.364. The number of likely N-dealkylation sites (tertiary alicyclic amines) is 1. The molecule has 4 rings (SSSR count). The molecule has 3 aromatic rings. The predicted molar refractivity (Wildman–Crippen MR) is 105 cm³/mol. The maximum absolute atomic E-state index is 12.7. The molecule has 27 heavy (non-hydrogen) atoms. The highest BCUT2D eigenvalue weighted by Gasteiger charge is 2.22. The fourth-order valence-corrected chi connectivity index (χ4v) is 3.82. The van der Waals surface area contributed by atoms with E-state index < -0.39 is 0 Å². The first kappa shape index (κ1) is 17.6. The molecule has 0 aliphatic carbocycles. The van der Waals surface area contributed by atoms with Crippen molar-refractivity contribution in [2.24, 2.45) is 5.92 Å². The first-order valence-electron chi connectivity index (χ1n) is 9.60. The van der Waals surface area contributed by atoms with E-state index in [1.54, 1.807) is 12.4 Å². The van der Waals surface area contributed by atoms with Crippen LogP contribution in [0.2, 0.25) is 0 Å². The van der Waals surface area contributed by atoms with Crippen molar-refractivity contribution in [3.63, 3.8) is 0 Å². The van der Waals surface area contributed by atoms with E-state index in [0.29, 0.717) is 17.3 Å². The number of aryl methyl sites for hydroxylation is 1. The van der Waals surface area contributed by atoms with Crippen LogP contribution in [0.4, 0.5) is 0 Å².